The van der Waals surface area contributed by atoms with Gasteiger partial charge in [0.2, 0.25) is 5.91 Å². The third-order valence-electron chi connectivity index (χ3n) is 6.73. The van der Waals surface area contributed by atoms with Gasteiger partial charge in [-0.05, 0) is 77.5 Å². The molecule has 0 saturated carbocycles. The van der Waals surface area contributed by atoms with Gasteiger partial charge in [0.25, 0.3) is 42.2 Å². The smallest absolute Gasteiger partial charge is 0.296 e. The highest BCUT2D eigenvalue weighted by Crippen LogP contribution is 2.46. The lowest BCUT2D eigenvalue weighted by Crippen LogP contribution is -2.19. The van der Waals surface area contributed by atoms with Gasteiger partial charge in [-0.25, -0.2) is 0 Å². The van der Waals surface area contributed by atoms with Crippen molar-refractivity contribution in [3.05, 3.63) is 77.3 Å². The monoisotopic (exact) mass is 903 g/mol. The number of nitrogens with one attached hydrogen (secondary N) is 3. The zero-order valence-corrected chi connectivity index (χ0v) is 31.5. The second-order valence-corrected chi connectivity index (χ2v) is 16.9. The SMILES string of the molecule is C=C(Br)C(=O)Nc1cccc(C(=O)Nc2ccc(S(=O)(=O)O)c3cc(S(=O)(=O)O)c(/N=N/c4cc(NC(=O)C(C)Br)ccc4S(=O)(=O)O)c(O)c23)c1. The van der Waals surface area contributed by atoms with Crippen molar-refractivity contribution >= 4 is 119 Å². The number of aromatic hydroxyl groups is 1. The summed E-state index contributed by atoms with van der Waals surface area (Å²) >= 11 is 5.97. The molecule has 274 valence electrons. The number of carbonyl (C=O) groups is 3. The molecule has 3 amide bonds. The lowest BCUT2D eigenvalue weighted by Gasteiger charge is -2.16. The van der Waals surface area contributed by atoms with Gasteiger partial charge in [0, 0.05) is 22.3 Å². The van der Waals surface area contributed by atoms with Gasteiger partial charge in [0.1, 0.15) is 26.1 Å². The first-order chi connectivity index (χ1) is 24.0. The van der Waals surface area contributed by atoms with Crippen molar-refractivity contribution in [3.8, 4) is 5.75 Å². The van der Waals surface area contributed by atoms with E-state index in [1.165, 1.54) is 31.2 Å². The van der Waals surface area contributed by atoms with Gasteiger partial charge in [-0.1, -0.05) is 28.6 Å². The van der Waals surface area contributed by atoms with Crippen LogP contribution in [0.1, 0.15) is 17.3 Å². The summed E-state index contributed by atoms with van der Waals surface area (Å²) in [7, 11) is -15.7. The Labute approximate surface area is 311 Å². The Balaban J connectivity index is 1.97. The number of rotatable bonds is 11. The highest BCUT2D eigenvalue weighted by molar-refractivity contribution is 9.12. The van der Waals surface area contributed by atoms with Gasteiger partial charge in [-0.3, -0.25) is 28.0 Å². The van der Waals surface area contributed by atoms with Crippen LogP contribution in [0.15, 0.2) is 96.6 Å². The molecule has 7 N–H and O–H groups in total. The lowest BCUT2D eigenvalue weighted by molar-refractivity contribution is -0.115. The molecule has 1 atom stereocenters. The largest absolute Gasteiger partial charge is 0.505 e. The molecule has 0 fully saturated rings. The molecule has 4 rings (SSSR count). The van der Waals surface area contributed by atoms with Crippen LogP contribution in [-0.4, -0.2) is 66.6 Å². The maximum Gasteiger partial charge on any atom is 0.296 e. The number of nitrogens with zero attached hydrogens (tertiary/aromatic N) is 2. The van der Waals surface area contributed by atoms with Crippen LogP contribution in [0.25, 0.3) is 10.8 Å². The van der Waals surface area contributed by atoms with Gasteiger partial charge >= 0.3 is 0 Å². The van der Waals surface area contributed by atoms with Gasteiger partial charge in [-0.2, -0.15) is 25.3 Å². The number of alkyl halides is 1. The molecule has 1 unspecified atom stereocenters. The number of hydrogen-bond donors (Lipinski definition) is 7. The molecular weight excluding hydrogens is 882 g/mol. The van der Waals surface area contributed by atoms with Crippen LogP contribution in [0.2, 0.25) is 0 Å². The third-order valence-corrected chi connectivity index (χ3v) is 10.2. The van der Waals surface area contributed by atoms with Crippen molar-refractivity contribution in [2.24, 2.45) is 10.2 Å². The highest BCUT2D eigenvalue weighted by atomic mass is 79.9. The Morgan fingerprint density at radius 3 is 1.94 bits per heavy atom. The van der Waals surface area contributed by atoms with E-state index in [1.54, 1.807) is 0 Å². The standard InChI is InChI=1S/C29H23Br2N5O13S3/c1-13(30)27(38)32-16-5-3-4-15(10-16)29(40)34-19-7-9-21(50(41,42)43)18-12-23(52(47,48)49)25(26(37)24(18)19)36-35-20-11-17(33-28(39)14(2)31)6-8-22(20)51(44,45)46/h3-12,14,37H,1H2,2H3,(H,32,38)(H,33,39)(H,34,40)(H,41,42,43)(H,44,45,46)(H,47,48,49)/b36-35+. The number of phenols is 1. The van der Waals surface area contributed by atoms with E-state index in [4.69, 9.17) is 0 Å². The average molecular weight is 906 g/mol. The Morgan fingerprint density at radius 1 is 0.769 bits per heavy atom. The molecule has 0 aromatic heterocycles. The van der Waals surface area contributed by atoms with E-state index in [0.717, 1.165) is 30.3 Å². The number of phenolic OH excluding ortho intramolecular Hbond substituents is 1. The number of benzene rings is 4. The molecule has 0 bridgehead atoms. The Bertz CT molecular complexity index is 2560. The average Bonchev–Trinajstić information content (AvgIpc) is 3.02. The van der Waals surface area contributed by atoms with Gasteiger partial charge in [-0.15, -0.1) is 10.2 Å². The maximum absolute atomic E-state index is 13.3. The van der Waals surface area contributed by atoms with Crippen LogP contribution in [0, 0.1) is 0 Å². The van der Waals surface area contributed by atoms with Crippen LogP contribution in [0.5, 0.6) is 5.75 Å². The van der Waals surface area contributed by atoms with E-state index in [9.17, 15) is 58.4 Å². The van der Waals surface area contributed by atoms with Crippen LogP contribution >= 0.6 is 31.9 Å². The first-order valence-corrected chi connectivity index (χ1v) is 19.8. The Kier molecular flexibility index (Phi) is 11.7. The molecule has 0 spiro atoms. The normalized spacial score (nSPS) is 12.7. The van der Waals surface area contributed by atoms with E-state index in [0.29, 0.717) is 6.07 Å². The topological polar surface area (TPSA) is 295 Å². The van der Waals surface area contributed by atoms with Crippen molar-refractivity contribution in [1.82, 2.24) is 0 Å². The first kappa shape index (κ1) is 40.2. The van der Waals surface area contributed by atoms with Gasteiger partial charge < -0.3 is 21.1 Å². The molecule has 0 aliphatic heterocycles. The fourth-order valence-corrected chi connectivity index (χ4v) is 6.57. The predicted molar refractivity (Wildman–Crippen MR) is 194 cm³/mol. The van der Waals surface area contributed by atoms with E-state index in [-0.39, 0.29) is 21.4 Å². The van der Waals surface area contributed by atoms with Crippen molar-refractivity contribution in [2.45, 2.75) is 26.4 Å². The molecule has 0 heterocycles. The van der Waals surface area contributed by atoms with E-state index >= 15 is 0 Å². The molecule has 0 saturated heterocycles. The summed E-state index contributed by atoms with van der Waals surface area (Å²) in [5, 5.41) is 24.6. The molecule has 0 radical (unpaired) electrons. The van der Waals surface area contributed by atoms with Gasteiger partial charge in [0.15, 0.2) is 5.75 Å². The summed E-state index contributed by atoms with van der Waals surface area (Å²) < 4.78 is 104. The fourth-order valence-electron chi connectivity index (χ4n) is 4.42. The minimum atomic E-state index is -5.44. The van der Waals surface area contributed by atoms with Crippen LogP contribution < -0.4 is 16.0 Å². The molecule has 0 aliphatic carbocycles. The van der Waals surface area contributed by atoms with Crippen molar-refractivity contribution in [1.29, 1.82) is 0 Å². The predicted octanol–water partition coefficient (Wildman–Crippen LogP) is 5.52. The quantitative estimate of drug-likeness (QED) is 0.0423. The molecule has 52 heavy (non-hydrogen) atoms. The number of amides is 3. The van der Waals surface area contributed by atoms with Crippen LogP contribution in [0.4, 0.5) is 28.4 Å². The zero-order valence-electron chi connectivity index (χ0n) is 25.9. The summed E-state index contributed by atoms with van der Waals surface area (Å²) in [5.41, 5.74) is -2.24. The van der Waals surface area contributed by atoms with E-state index in [1.807, 2.05) is 0 Å². The van der Waals surface area contributed by atoms with Crippen molar-refractivity contribution in [3.63, 3.8) is 0 Å². The molecule has 23 heteroatoms. The van der Waals surface area contributed by atoms with Crippen molar-refractivity contribution < 1.29 is 58.4 Å². The second kappa shape index (κ2) is 15.2. The van der Waals surface area contributed by atoms with Gasteiger partial charge in [0.05, 0.1) is 20.4 Å². The number of carbonyl (C=O) groups excluding carboxylic acids is 3. The third kappa shape index (κ3) is 9.23. The van der Waals surface area contributed by atoms with Crippen LogP contribution in [0.3, 0.4) is 0 Å². The highest BCUT2D eigenvalue weighted by Gasteiger charge is 2.28. The van der Waals surface area contributed by atoms with Crippen LogP contribution in [-0.2, 0) is 39.9 Å². The number of hydrogen-bond acceptors (Lipinski definition) is 12. The first-order valence-electron chi connectivity index (χ1n) is 13.8. The molecule has 4 aromatic rings. The number of fused-ring (bicyclic) bond motifs is 1. The molecule has 0 aliphatic rings. The lowest BCUT2D eigenvalue weighted by atomic mass is 10.1. The minimum Gasteiger partial charge on any atom is -0.505 e. The number of anilines is 3. The Morgan fingerprint density at radius 2 is 1.37 bits per heavy atom. The second-order valence-electron chi connectivity index (χ2n) is 10.4. The summed E-state index contributed by atoms with van der Waals surface area (Å²) in [5.74, 6) is -3.38. The molecule has 4 aromatic carbocycles. The summed E-state index contributed by atoms with van der Waals surface area (Å²) in [6.45, 7) is 4.92. The Hall–Kier alpha value is -4.62. The fraction of sp³-hybridized carbons (Fsp3) is 0.0690. The number of halogens is 2. The summed E-state index contributed by atoms with van der Waals surface area (Å²) in [6, 6.07) is 10.4. The minimum absolute atomic E-state index is 0.0154. The van der Waals surface area contributed by atoms with E-state index in [2.05, 4.69) is 64.6 Å². The number of azo groups is 1. The zero-order chi connectivity index (χ0) is 38.9. The van der Waals surface area contributed by atoms with E-state index < -0.39 is 101 Å². The molecular formula is C29H23Br2N5O13S3. The maximum atomic E-state index is 13.3. The summed E-state index contributed by atoms with van der Waals surface area (Å²) in [4.78, 5) is 33.6. The van der Waals surface area contributed by atoms with Crippen molar-refractivity contribution in [2.75, 3.05) is 16.0 Å². The summed E-state index contributed by atoms with van der Waals surface area (Å²) in [6.07, 6.45) is 0. The molecule has 18 nitrogen and oxygen atoms in total.